The second kappa shape index (κ2) is 6.94. The summed E-state index contributed by atoms with van der Waals surface area (Å²) in [6, 6.07) is 0. The molecule has 124 valence electrons. The molecule has 1 aliphatic heterocycles. The molecule has 0 amide bonds. The number of hydrogen-bond donors (Lipinski definition) is 1. The molecule has 6 heteroatoms. The molecule has 1 saturated heterocycles. The molecule has 1 aliphatic carbocycles. The fourth-order valence-electron chi connectivity index (χ4n) is 4.01. The van der Waals surface area contributed by atoms with Gasteiger partial charge in [-0.05, 0) is 25.2 Å². The first-order chi connectivity index (χ1) is 9.91. The lowest BCUT2D eigenvalue weighted by Crippen LogP contribution is -2.60. The average molecular weight is 317 g/mol. The second-order valence-electron chi connectivity index (χ2n) is 6.78. The van der Waals surface area contributed by atoms with Crippen LogP contribution in [0.1, 0.15) is 45.4 Å². The van der Waals surface area contributed by atoms with Gasteiger partial charge in [0.15, 0.2) is 0 Å². The summed E-state index contributed by atoms with van der Waals surface area (Å²) in [6.45, 7) is 5.84. The second-order valence-corrected chi connectivity index (χ2v) is 8.77. The van der Waals surface area contributed by atoms with E-state index in [4.69, 9.17) is 5.73 Å². The van der Waals surface area contributed by atoms with Crippen LogP contribution in [0.2, 0.25) is 0 Å². The van der Waals surface area contributed by atoms with Gasteiger partial charge in [0.05, 0.1) is 6.26 Å². The Morgan fingerprint density at radius 1 is 1.14 bits per heavy atom. The van der Waals surface area contributed by atoms with Crippen LogP contribution in [0.4, 0.5) is 0 Å². The lowest BCUT2D eigenvalue weighted by atomic mass is 9.87. The van der Waals surface area contributed by atoms with Crippen molar-refractivity contribution < 1.29 is 8.42 Å². The summed E-state index contributed by atoms with van der Waals surface area (Å²) in [6.07, 6.45) is 8.74. The van der Waals surface area contributed by atoms with E-state index in [9.17, 15) is 8.42 Å². The molecule has 0 bridgehead atoms. The van der Waals surface area contributed by atoms with Gasteiger partial charge >= 0.3 is 0 Å². The summed E-state index contributed by atoms with van der Waals surface area (Å²) in [5.41, 5.74) is 6.28. The van der Waals surface area contributed by atoms with Crippen LogP contribution in [0.25, 0.3) is 0 Å². The number of hydrogen-bond acceptors (Lipinski definition) is 4. The van der Waals surface area contributed by atoms with Crippen LogP contribution in [-0.4, -0.2) is 62.1 Å². The monoisotopic (exact) mass is 317 g/mol. The Kier molecular flexibility index (Phi) is 5.68. The Bertz CT molecular complexity index is 432. The van der Waals surface area contributed by atoms with Gasteiger partial charge < -0.3 is 5.73 Å². The van der Waals surface area contributed by atoms with E-state index in [1.807, 2.05) is 0 Å². The van der Waals surface area contributed by atoms with Crippen molar-refractivity contribution in [1.29, 1.82) is 0 Å². The van der Waals surface area contributed by atoms with Gasteiger partial charge in [-0.1, -0.05) is 26.2 Å². The van der Waals surface area contributed by atoms with Gasteiger partial charge in [-0.25, -0.2) is 8.42 Å². The van der Waals surface area contributed by atoms with Gasteiger partial charge in [-0.3, -0.25) is 4.90 Å². The van der Waals surface area contributed by atoms with Crippen LogP contribution in [0, 0.1) is 5.92 Å². The maximum atomic E-state index is 11.6. The highest BCUT2D eigenvalue weighted by molar-refractivity contribution is 7.88. The molecule has 2 fully saturated rings. The van der Waals surface area contributed by atoms with Crippen molar-refractivity contribution in [3.63, 3.8) is 0 Å². The molecule has 2 N–H and O–H groups in total. The summed E-state index contributed by atoms with van der Waals surface area (Å²) >= 11 is 0. The van der Waals surface area contributed by atoms with Crippen molar-refractivity contribution in [1.82, 2.24) is 9.21 Å². The maximum absolute atomic E-state index is 11.6. The summed E-state index contributed by atoms with van der Waals surface area (Å²) in [5, 5.41) is 0. The van der Waals surface area contributed by atoms with Crippen LogP contribution >= 0.6 is 0 Å². The zero-order chi connectivity index (χ0) is 15.5. The number of nitrogens with two attached hydrogens (primary N) is 1. The van der Waals surface area contributed by atoms with E-state index in [2.05, 4.69) is 11.8 Å². The topological polar surface area (TPSA) is 66.6 Å². The minimum absolute atomic E-state index is 0.105. The molecule has 2 aliphatic rings. The zero-order valence-corrected chi connectivity index (χ0v) is 14.4. The molecule has 0 aromatic rings. The summed E-state index contributed by atoms with van der Waals surface area (Å²) in [5.74, 6) is 0.843. The minimum atomic E-state index is -3.05. The molecule has 1 saturated carbocycles. The van der Waals surface area contributed by atoms with Crippen molar-refractivity contribution in [2.75, 3.05) is 39.0 Å². The largest absolute Gasteiger partial charge is 0.329 e. The quantitative estimate of drug-likeness (QED) is 0.793. The van der Waals surface area contributed by atoms with Crippen LogP contribution in [0.15, 0.2) is 0 Å². The number of rotatable bonds is 4. The fraction of sp³-hybridized carbons (Fsp3) is 1.00. The Balaban J connectivity index is 2.02. The normalized spacial score (nSPS) is 33.8. The molecule has 0 aromatic carbocycles. The predicted molar refractivity (Wildman–Crippen MR) is 86.6 cm³/mol. The van der Waals surface area contributed by atoms with Gasteiger partial charge in [-0.2, -0.15) is 4.31 Å². The van der Waals surface area contributed by atoms with Crippen molar-refractivity contribution in [3.05, 3.63) is 0 Å². The summed E-state index contributed by atoms with van der Waals surface area (Å²) in [7, 11) is -3.05. The third-order valence-corrected chi connectivity index (χ3v) is 6.91. The van der Waals surface area contributed by atoms with Crippen molar-refractivity contribution >= 4 is 10.0 Å². The SMILES string of the molecule is CCC1CCCC(CN)(N2CCN(S(C)(=O)=O)CC2)CC1. The van der Waals surface area contributed by atoms with Crippen LogP contribution in [-0.2, 0) is 10.0 Å². The van der Waals surface area contributed by atoms with Gasteiger partial charge in [0, 0.05) is 38.3 Å². The maximum Gasteiger partial charge on any atom is 0.211 e. The van der Waals surface area contributed by atoms with Gasteiger partial charge in [0.2, 0.25) is 10.0 Å². The van der Waals surface area contributed by atoms with Crippen molar-refractivity contribution in [3.8, 4) is 0 Å². The fourth-order valence-corrected chi connectivity index (χ4v) is 4.84. The third kappa shape index (κ3) is 3.97. The van der Waals surface area contributed by atoms with Crippen LogP contribution in [0.3, 0.4) is 0 Å². The van der Waals surface area contributed by atoms with E-state index < -0.39 is 10.0 Å². The molecule has 0 aromatic heterocycles. The standard InChI is InChI=1S/C15H31N3O2S/c1-3-14-5-4-7-15(13-16,8-6-14)17-9-11-18(12-10-17)21(2,19)20/h14H,3-13,16H2,1-2H3. The van der Waals surface area contributed by atoms with Crippen molar-refractivity contribution in [2.45, 2.75) is 51.0 Å². The van der Waals surface area contributed by atoms with Crippen LogP contribution < -0.4 is 5.73 Å². The highest BCUT2D eigenvalue weighted by atomic mass is 32.2. The number of nitrogens with zero attached hydrogens (tertiary/aromatic N) is 2. The molecule has 2 unspecified atom stereocenters. The molecule has 0 spiro atoms. The van der Waals surface area contributed by atoms with Crippen molar-refractivity contribution in [2.24, 2.45) is 11.7 Å². The lowest BCUT2D eigenvalue weighted by Gasteiger charge is -2.47. The molecule has 0 radical (unpaired) electrons. The van der Waals surface area contributed by atoms with Crippen LogP contribution in [0.5, 0.6) is 0 Å². The first-order valence-electron chi connectivity index (χ1n) is 8.31. The van der Waals surface area contributed by atoms with E-state index in [-0.39, 0.29) is 5.54 Å². The van der Waals surface area contributed by atoms with Gasteiger partial charge in [0.1, 0.15) is 0 Å². The predicted octanol–water partition coefficient (Wildman–Crippen LogP) is 1.25. The van der Waals surface area contributed by atoms with E-state index in [1.165, 1.54) is 44.8 Å². The number of sulfonamides is 1. The highest BCUT2D eigenvalue weighted by Crippen LogP contribution is 2.36. The Hall–Kier alpha value is -0.170. The van der Waals surface area contributed by atoms with E-state index >= 15 is 0 Å². The van der Waals surface area contributed by atoms with Gasteiger partial charge in [0.25, 0.3) is 0 Å². The summed E-state index contributed by atoms with van der Waals surface area (Å²) in [4.78, 5) is 2.48. The molecule has 1 heterocycles. The molecule has 21 heavy (non-hydrogen) atoms. The smallest absolute Gasteiger partial charge is 0.211 e. The van der Waals surface area contributed by atoms with Gasteiger partial charge in [-0.15, -0.1) is 0 Å². The third-order valence-electron chi connectivity index (χ3n) is 5.61. The Morgan fingerprint density at radius 3 is 2.33 bits per heavy atom. The molecule has 2 rings (SSSR count). The Morgan fingerprint density at radius 2 is 1.81 bits per heavy atom. The first kappa shape index (κ1) is 17.2. The lowest BCUT2D eigenvalue weighted by molar-refractivity contribution is 0.0461. The van der Waals surface area contributed by atoms with E-state index in [1.54, 1.807) is 4.31 Å². The van der Waals surface area contributed by atoms with E-state index in [0.717, 1.165) is 19.0 Å². The molecule has 5 nitrogen and oxygen atoms in total. The highest BCUT2D eigenvalue weighted by Gasteiger charge is 2.39. The Labute approximate surface area is 129 Å². The molecule has 2 atom stereocenters. The average Bonchev–Trinajstić information content (AvgIpc) is 2.69. The van der Waals surface area contributed by atoms with E-state index in [0.29, 0.717) is 19.6 Å². The summed E-state index contributed by atoms with van der Waals surface area (Å²) < 4.78 is 24.9. The molecular weight excluding hydrogens is 286 g/mol. The minimum Gasteiger partial charge on any atom is -0.329 e. The first-order valence-corrected chi connectivity index (χ1v) is 10.2. The number of piperazine rings is 1. The zero-order valence-electron chi connectivity index (χ0n) is 13.6. The molecular formula is C15H31N3O2S.